The number of benzene rings is 1. The number of nitrogens with two attached hydrogens (primary N) is 1. The number of hydrogen-bond acceptors (Lipinski definition) is 3. The molecular formula is C13H19NO2. The molecule has 3 heteroatoms. The normalized spacial score (nSPS) is 18.1. The smallest absolute Gasteiger partial charge is 0.102 e. The van der Waals surface area contributed by atoms with Gasteiger partial charge in [-0.25, -0.2) is 0 Å². The molecule has 0 radical (unpaired) electrons. The lowest BCUT2D eigenvalue weighted by molar-refractivity contribution is -0.0426. The van der Waals surface area contributed by atoms with Gasteiger partial charge in [-0.1, -0.05) is 24.3 Å². The molecule has 1 aromatic rings. The molecule has 0 saturated heterocycles. The second-order valence-electron chi connectivity index (χ2n) is 4.35. The van der Waals surface area contributed by atoms with Crippen molar-refractivity contribution in [3.05, 3.63) is 35.4 Å². The van der Waals surface area contributed by atoms with E-state index >= 15 is 0 Å². The van der Waals surface area contributed by atoms with Crippen LogP contribution in [-0.4, -0.2) is 17.8 Å². The van der Waals surface area contributed by atoms with Crippen molar-refractivity contribution in [2.75, 3.05) is 6.61 Å². The predicted octanol–water partition coefficient (Wildman–Crippen LogP) is 1.75. The van der Waals surface area contributed by atoms with Gasteiger partial charge in [0.1, 0.15) is 6.10 Å². The Morgan fingerprint density at radius 2 is 2.00 bits per heavy atom. The van der Waals surface area contributed by atoms with Gasteiger partial charge in [-0.3, -0.25) is 0 Å². The number of aliphatic hydroxyl groups is 1. The average molecular weight is 221 g/mol. The second-order valence-corrected chi connectivity index (χ2v) is 4.35. The second kappa shape index (κ2) is 5.43. The van der Waals surface area contributed by atoms with E-state index in [1.165, 1.54) is 6.42 Å². The van der Waals surface area contributed by atoms with Gasteiger partial charge in [0.15, 0.2) is 0 Å². The first-order chi connectivity index (χ1) is 7.79. The molecule has 0 aliphatic heterocycles. The first kappa shape index (κ1) is 11.6. The Morgan fingerprint density at radius 1 is 1.31 bits per heavy atom. The quantitative estimate of drug-likeness (QED) is 0.796. The van der Waals surface area contributed by atoms with Gasteiger partial charge in [0, 0.05) is 6.54 Å². The summed E-state index contributed by atoms with van der Waals surface area (Å²) in [6.45, 7) is 0.932. The topological polar surface area (TPSA) is 55.5 Å². The summed E-state index contributed by atoms with van der Waals surface area (Å²) in [7, 11) is 0. The summed E-state index contributed by atoms with van der Waals surface area (Å²) < 4.78 is 5.58. The van der Waals surface area contributed by atoms with Crippen LogP contribution in [0.4, 0.5) is 0 Å². The van der Waals surface area contributed by atoms with Crippen LogP contribution in [0.1, 0.15) is 36.5 Å². The Hall–Kier alpha value is -0.900. The van der Waals surface area contributed by atoms with Crippen LogP contribution in [0.5, 0.6) is 0 Å². The van der Waals surface area contributed by atoms with Crippen molar-refractivity contribution in [3.63, 3.8) is 0 Å². The summed E-state index contributed by atoms with van der Waals surface area (Å²) in [6, 6.07) is 7.72. The monoisotopic (exact) mass is 221 g/mol. The van der Waals surface area contributed by atoms with Crippen LogP contribution in [0.25, 0.3) is 0 Å². The van der Waals surface area contributed by atoms with E-state index in [1.807, 2.05) is 24.3 Å². The van der Waals surface area contributed by atoms with Crippen molar-refractivity contribution in [2.24, 2.45) is 5.73 Å². The van der Waals surface area contributed by atoms with Gasteiger partial charge in [-0.15, -0.1) is 0 Å². The minimum Gasteiger partial charge on any atom is -0.386 e. The van der Waals surface area contributed by atoms with E-state index in [1.54, 1.807) is 0 Å². The summed E-state index contributed by atoms with van der Waals surface area (Å²) in [5, 5.41) is 9.90. The molecule has 1 atom stereocenters. The minimum atomic E-state index is -0.521. The van der Waals surface area contributed by atoms with Crippen LogP contribution < -0.4 is 5.73 Å². The van der Waals surface area contributed by atoms with E-state index in [9.17, 15) is 5.11 Å². The Kier molecular flexibility index (Phi) is 3.93. The molecular weight excluding hydrogens is 202 g/mol. The van der Waals surface area contributed by atoms with Crippen LogP contribution in [0.15, 0.2) is 24.3 Å². The third-order valence-electron chi connectivity index (χ3n) is 3.14. The SMILES string of the molecule is NCc1ccc(C(O)COC2CCC2)cc1. The molecule has 3 N–H and O–H groups in total. The van der Waals surface area contributed by atoms with Crippen molar-refractivity contribution >= 4 is 0 Å². The van der Waals surface area contributed by atoms with E-state index in [0.29, 0.717) is 19.3 Å². The van der Waals surface area contributed by atoms with Crippen LogP contribution in [0.3, 0.4) is 0 Å². The number of aliphatic hydroxyl groups excluding tert-OH is 1. The summed E-state index contributed by atoms with van der Waals surface area (Å²) in [4.78, 5) is 0. The van der Waals surface area contributed by atoms with Gasteiger partial charge in [0.2, 0.25) is 0 Å². The summed E-state index contributed by atoms with van der Waals surface area (Å²) >= 11 is 0. The van der Waals surface area contributed by atoms with Crippen LogP contribution in [0, 0.1) is 0 Å². The van der Waals surface area contributed by atoms with Crippen molar-refractivity contribution in [2.45, 2.75) is 38.0 Å². The van der Waals surface area contributed by atoms with Crippen LogP contribution >= 0.6 is 0 Å². The maximum absolute atomic E-state index is 9.90. The van der Waals surface area contributed by atoms with Gasteiger partial charge < -0.3 is 15.6 Å². The summed E-state index contributed by atoms with van der Waals surface area (Å²) in [6.07, 6.45) is 3.38. The van der Waals surface area contributed by atoms with Crippen molar-refractivity contribution in [3.8, 4) is 0 Å². The van der Waals surface area contributed by atoms with Crippen molar-refractivity contribution < 1.29 is 9.84 Å². The van der Waals surface area contributed by atoms with E-state index in [0.717, 1.165) is 24.0 Å². The zero-order valence-electron chi connectivity index (χ0n) is 9.43. The molecule has 16 heavy (non-hydrogen) atoms. The molecule has 0 bridgehead atoms. The molecule has 1 saturated carbocycles. The highest BCUT2D eigenvalue weighted by molar-refractivity contribution is 5.24. The lowest BCUT2D eigenvalue weighted by atomic mass is 9.96. The maximum atomic E-state index is 9.90. The molecule has 0 spiro atoms. The highest BCUT2D eigenvalue weighted by Crippen LogP contribution is 2.24. The molecule has 0 aromatic heterocycles. The Balaban J connectivity index is 1.84. The number of rotatable bonds is 5. The first-order valence-electron chi connectivity index (χ1n) is 5.88. The van der Waals surface area contributed by atoms with E-state index in [2.05, 4.69) is 0 Å². The van der Waals surface area contributed by atoms with E-state index < -0.39 is 6.10 Å². The molecule has 1 unspecified atom stereocenters. The molecule has 0 amide bonds. The van der Waals surface area contributed by atoms with E-state index in [4.69, 9.17) is 10.5 Å². The molecule has 3 nitrogen and oxygen atoms in total. The zero-order valence-corrected chi connectivity index (χ0v) is 9.43. The van der Waals surface area contributed by atoms with Crippen molar-refractivity contribution in [1.82, 2.24) is 0 Å². The highest BCUT2D eigenvalue weighted by atomic mass is 16.5. The molecule has 88 valence electrons. The van der Waals surface area contributed by atoms with Crippen molar-refractivity contribution in [1.29, 1.82) is 0 Å². The highest BCUT2D eigenvalue weighted by Gasteiger charge is 2.19. The van der Waals surface area contributed by atoms with Gasteiger partial charge >= 0.3 is 0 Å². The molecule has 0 heterocycles. The molecule has 1 aromatic carbocycles. The number of ether oxygens (including phenoxy) is 1. The molecule has 1 fully saturated rings. The van der Waals surface area contributed by atoms with E-state index in [-0.39, 0.29) is 0 Å². The number of hydrogen-bond donors (Lipinski definition) is 2. The summed E-state index contributed by atoms with van der Waals surface area (Å²) in [5.41, 5.74) is 7.49. The lowest BCUT2D eigenvalue weighted by Gasteiger charge is -2.26. The zero-order chi connectivity index (χ0) is 11.4. The molecule has 1 aliphatic carbocycles. The fourth-order valence-electron chi connectivity index (χ4n) is 1.74. The largest absolute Gasteiger partial charge is 0.386 e. The Labute approximate surface area is 96.2 Å². The minimum absolute atomic E-state index is 0.373. The van der Waals surface area contributed by atoms with Crippen LogP contribution in [0.2, 0.25) is 0 Å². The van der Waals surface area contributed by atoms with Gasteiger partial charge in [0.05, 0.1) is 12.7 Å². The van der Waals surface area contributed by atoms with Gasteiger partial charge in [-0.05, 0) is 30.4 Å². The third kappa shape index (κ3) is 2.82. The molecule has 1 aliphatic rings. The third-order valence-corrected chi connectivity index (χ3v) is 3.14. The molecule has 2 rings (SSSR count). The van der Waals surface area contributed by atoms with Crippen LogP contribution in [-0.2, 0) is 11.3 Å². The van der Waals surface area contributed by atoms with Gasteiger partial charge in [-0.2, -0.15) is 0 Å². The fraction of sp³-hybridized carbons (Fsp3) is 0.538. The first-order valence-corrected chi connectivity index (χ1v) is 5.88. The fourth-order valence-corrected chi connectivity index (χ4v) is 1.74. The predicted molar refractivity (Wildman–Crippen MR) is 62.9 cm³/mol. The Morgan fingerprint density at radius 3 is 2.50 bits per heavy atom. The standard InChI is InChI=1S/C13H19NO2/c14-8-10-4-6-11(7-5-10)13(15)9-16-12-2-1-3-12/h4-7,12-13,15H,1-3,8-9,14H2. The average Bonchev–Trinajstić information content (AvgIpc) is 2.27. The maximum Gasteiger partial charge on any atom is 0.102 e. The Bertz CT molecular complexity index is 319. The lowest BCUT2D eigenvalue weighted by Crippen LogP contribution is -2.24. The summed E-state index contributed by atoms with van der Waals surface area (Å²) in [5.74, 6) is 0. The van der Waals surface area contributed by atoms with Gasteiger partial charge in [0.25, 0.3) is 0 Å².